The van der Waals surface area contributed by atoms with Gasteiger partial charge in [-0.3, -0.25) is 14.9 Å². The van der Waals surface area contributed by atoms with E-state index in [2.05, 4.69) is 10.4 Å². The van der Waals surface area contributed by atoms with Crippen LogP contribution in [-0.2, 0) is 11.0 Å². The van der Waals surface area contributed by atoms with E-state index in [-0.39, 0.29) is 6.07 Å². The van der Waals surface area contributed by atoms with Gasteiger partial charge in [0.15, 0.2) is 5.82 Å². The van der Waals surface area contributed by atoms with Gasteiger partial charge in [-0.15, -0.1) is 0 Å². The molecule has 2 rings (SSSR count). The van der Waals surface area contributed by atoms with Crippen LogP contribution in [0.1, 0.15) is 12.5 Å². The molecule has 1 aromatic heterocycles. The largest absolute Gasteiger partial charge is 0.416 e. The number of hydrogen-bond acceptors (Lipinski definition) is 4. The number of carbonyl (C=O) groups is 1. The minimum absolute atomic E-state index is 0.173. The Kier molecular flexibility index (Phi) is 4.47. The molecule has 0 spiro atoms. The predicted octanol–water partition coefficient (Wildman–Crippen LogP) is 3.55. The third-order valence-electron chi connectivity index (χ3n) is 2.80. The van der Waals surface area contributed by atoms with Gasteiger partial charge in [0.2, 0.25) is 11.7 Å². The molecule has 0 aliphatic heterocycles. The second-order valence-corrected chi connectivity index (χ2v) is 4.92. The van der Waals surface area contributed by atoms with E-state index in [9.17, 15) is 32.5 Å². The molecule has 0 aliphatic carbocycles. The average Bonchev–Trinajstić information content (AvgIpc) is 2.80. The highest BCUT2D eigenvalue weighted by Gasteiger charge is 2.33. The van der Waals surface area contributed by atoms with Crippen molar-refractivity contribution in [3.63, 3.8) is 0 Å². The third kappa shape index (κ3) is 3.30. The standard InChI is InChI=1S/C12H7ClF4N4O3/c1-5(22)19-11-9(21(23)24)4-18-20(11)10-7(13)2-6(3-8(10)14)12(15,16)17/h2-4H,1H3,(H,19,22). The van der Waals surface area contributed by atoms with Crippen molar-refractivity contribution in [2.75, 3.05) is 5.32 Å². The maximum Gasteiger partial charge on any atom is 0.416 e. The number of benzene rings is 1. The van der Waals surface area contributed by atoms with Gasteiger partial charge in [-0.25, -0.2) is 9.07 Å². The zero-order valence-corrected chi connectivity index (χ0v) is 12.4. The summed E-state index contributed by atoms with van der Waals surface area (Å²) in [7, 11) is 0. The molecule has 1 heterocycles. The molecule has 0 unspecified atom stereocenters. The highest BCUT2D eigenvalue weighted by molar-refractivity contribution is 6.32. The molecule has 0 saturated heterocycles. The zero-order valence-electron chi connectivity index (χ0n) is 11.7. The van der Waals surface area contributed by atoms with Crippen LogP contribution in [0.2, 0.25) is 5.02 Å². The molecular weight excluding hydrogens is 360 g/mol. The Bertz CT molecular complexity index is 811. The van der Waals surface area contributed by atoms with E-state index in [0.717, 1.165) is 6.92 Å². The van der Waals surface area contributed by atoms with Gasteiger partial charge < -0.3 is 5.32 Å². The minimum atomic E-state index is -4.83. The van der Waals surface area contributed by atoms with Gasteiger partial charge in [0.1, 0.15) is 11.9 Å². The van der Waals surface area contributed by atoms with Crippen molar-refractivity contribution >= 4 is 29.0 Å². The summed E-state index contributed by atoms with van der Waals surface area (Å²) >= 11 is 5.69. The molecule has 0 radical (unpaired) electrons. The van der Waals surface area contributed by atoms with Gasteiger partial charge in [0.25, 0.3) is 0 Å². The molecule has 0 fully saturated rings. The molecule has 1 amide bonds. The number of hydrogen-bond donors (Lipinski definition) is 1. The number of halogens is 5. The zero-order chi connectivity index (χ0) is 18.2. The highest BCUT2D eigenvalue weighted by atomic mass is 35.5. The number of nitro groups is 1. The third-order valence-corrected chi connectivity index (χ3v) is 3.09. The summed E-state index contributed by atoms with van der Waals surface area (Å²) in [6.07, 6.45) is -4.13. The number of nitrogens with zero attached hydrogens (tertiary/aromatic N) is 3. The first kappa shape index (κ1) is 17.7. The van der Waals surface area contributed by atoms with E-state index in [1.165, 1.54) is 0 Å². The van der Waals surface area contributed by atoms with Crippen molar-refractivity contribution in [3.8, 4) is 5.69 Å². The highest BCUT2D eigenvalue weighted by Crippen LogP contribution is 2.37. The molecule has 128 valence electrons. The lowest BCUT2D eigenvalue weighted by Crippen LogP contribution is -2.14. The Hall–Kier alpha value is -2.69. The van der Waals surface area contributed by atoms with E-state index in [4.69, 9.17) is 11.6 Å². The fourth-order valence-electron chi connectivity index (χ4n) is 1.86. The topological polar surface area (TPSA) is 90.1 Å². The number of alkyl halides is 3. The Balaban J connectivity index is 2.69. The van der Waals surface area contributed by atoms with E-state index < -0.39 is 50.6 Å². The van der Waals surface area contributed by atoms with Crippen LogP contribution >= 0.6 is 11.6 Å². The van der Waals surface area contributed by atoms with Gasteiger partial charge in [0, 0.05) is 6.92 Å². The maximum absolute atomic E-state index is 14.1. The van der Waals surface area contributed by atoms with E-state index in [1.54, 1.807) is 0 Å². The second-order valence-electron chi connectivity index (χ2n) is 4.51. The van der Waals surface area contributed by atoms with Crippen LogP contribution in [0.15, 0.2) is 18.3 Å². The molecular formula is C12H7ClF4N4O3. The first-order valence-electron chi connectivity index (χ1n) is 6.09. The average molecular weight is 367 g/mol. The fraction of sp³-hybridized carbons (Fsp3) is 0.167. The van der Waals surface area contributed by atoms with Crippen molar-refractivity contribution in [2.24, 2.45) is 0 Å². The first-order chi connectivity index (χ1) is 11.0. The maximum atomic E-state index is 14.1. The summed E-state index contributed by atoms with van der Waals surface area (Å²) in [6.45, 7) is 1.03. The van der Waals surface area contributed by atoms with Gasteiger partial charge in [0.05, 0.1) is 15.5 Å². The molecule has 0 saturated carbocycles. The Morgan fingerprint density at radius 3 is 2.50 bits per heavy atom. The number of aromatic nitrogens is 2. The lowest BCUT2D eigenvalue weighted by molar-refractivity contribution is -0.384. The second kappa shape index (κ2) is 6.07. The number of carbonyl (C=O) groups excluding carboxylic acids is 1. The smallest absolute Gasteiger partial charge is 0.305 e. The van der Waals surface area contributed by atoms with Gasteiger partial charge >= 0.3 is 11.9 Å². The summed E-state index contributed by atoms with van der Waals surface area (Å²) < 4.78 is 52.6. The van der Waals surface area contributed by atoms with Crippen LogP contribution in [-0.4, -0.2) is 20.6 Å². The molecule has 0 bridgehead atoms. The van der Waals surface area contributed by atoms with Crippen LogP contribution in [0.5, 0.6) is 0 Å². The van der Waals surface area contributed by atoms with Gasteiger partial charge in [-0.05, 0) is 12.1 Å². The van der Waals surface area contributed by atoms with Gasteiger partial charge in [-0.2, -0.15) is 18.3 Å². The Labute approximate surface area is 136 Å². The van der Waals surface area contributed by atoms with Crippen molar-refractivity contribution < 1.29 is 27.3 Å². The summed E-state index contributed by atoms with van der Waals surface area (Å²) in [5, 5.41) is 15.8. The van der Waals surface area contributed by atoms with Crippen molar-refractivity contribution in [1.82, 2.24) is 9.78 Å². The van der Waals surface area contributed by atoms with Crippen LogP contribution in [0, 0.1) is 15.9 Å². The van der Waals surface area contributed by atoms with E-state index in [0.29, 0.717) is 16.9 Å². The summed E-state index contributed by atoms with van der Waals surface area (Å²) in [6, 6.07) is 0.622. The van der Waals surface area contributed by atoms with Crippen LogP contribution in [0.25, 0.3) is 5.69 Å². The number of nitrogens with one attached hydrogen (secondary N) is 1. The quantitative estimate of drug-likeness (QED) is 0.511. The van der Waals surface area contributed by atoms with Crippen LogP contribution < -0.4 is 5.32 Å². The lowest BCUT2D eigenvalue weighted by Gasteiger charge is -2.13. The normalized spacial score (nSPS) is 11.4. The predicted molar refractivity (Wildman–Crippen MR) is 74.5 cm³/mol. The molecule has 1 N–H and O–H groups in total. The summed E-state index contributed by atoms with van der Waals surface area (Å²) in [5.74, 6) is -2.68. The van der Waals surface area contributed by atoms with Crippen molar-refractivity contribution in [1.29, 1.82) is 0 Å². The van der Waals surface area contributed by atoms with Crippen LogP contribution in [0.4, 0.5) is 29.1 Å². The minimum Gasteiger partial charge on any atom is -0.305 e. The number of anilines is 1. The first-order valence-corrected chi connectivity index (χ1v) is 6.46. The lowest BCUT2D eigenvalue weighted by atomic mass is 10.2. The molecule has 0 atom stereocenters. The fourth-order valence-corrected chi connectivity index (χ4v) is 2.15. The SMILES string of the molecule is CC(=O)Nc1c([N+](=O)[O-])cnn1-c1c(F)cc(C(F)(F)F)cc1Cl. The summed E-state index contributed by atoms with van der Waals surface area (Å²) in [5.41, 5.74) is -2.68. The van der Waals surface area contributed by atoms with Crippen molar-refractivity contribution in [3.05, 3.63) is 44.8 Å². The van der Waals surface area contributed by atoms with Gasteiger partial charge in [-0.1, -0.05) is 11.6 Å². The monoisotopic (exact) mass is 366 g/mol. The molecule has 12 heteroatoms. The molecule has 1 aromatic carbocycles. The van der Waals surface area contributed by atoms with Crippen LogP contribution in [0.3, 0.4) is 0 Å². The molecule has 0 aliphatic rings. The molecule has 7 nitrogen and oxygen atoms in total. The molecule has 24 heavy (non-hydrogen) atoms. The number of amides is 1. The van der Waals surface area contributed by atoms with Crippen molar-refractivity contribution in [2.45, 2.75) is 13.1 Å². The Morgan fingerprint density at radius 1 is 1.42 bits per heavy atom. The Morgan fingerprint density at radius 2 is 2.04 bits per heavy atom. The van der Waals surface area contributed by atoms with E-state index in [1.807, 2.05) is 0 Å². The molecule has 2 aromatic rings. The van der Waals surface area contributed by atoms with E-state index >= 15 is 0 Å². The number of rotatable bonds is 3. The summed E-state index contributed by atoms with van der Waals surface area (Å²) in [4.78, 5) is 21.2.